The van der Waals surface area contributed by atoms with E-state index in [1.54, 1.807) is 18.2 Å². The van der Waals surface area contributed by atoms with Crippen LogP contribution < -0.4 is 29.9 Å². The molecule has 2 aromatic carbocycles. The van der Waals surface area contributed by atoms with Gasteiger partial charge >= 0.3 is 5.97 Å². The Balaban J connectivity index is 1.62. The predicted octanol–water partition coefficient (Wildman–Crippen LogP) is 0.318. The van der Waals surface area contributed by atoms with E-state index in [0.717, 1.165) is 22.6 Å². The number of carbonyl (C=O) groups is 6. The van der Waals surface area contributed by atoms with E-state index in [1.165, 1.54) is 38.5 Å². The van der Waals surface area contributed by atoms with Crippen molar-refractivity contribution in [3.8, 4) is 11.5 Å². The van der Waals surface area contributed by atoms with Gasteiger partial charge in [0.25, 0.3) is 23.5 Å². The van der Waals surface area contributed by atoms with Gasteiger partial charge in [-0.25, -0.2) is 0 Å². The molecule has 1 unspecified atom stereocenters. The second-order valence-electron chi connectivity index (χ2n) is 10.4. The summed E-state index contributed by atoms with van der Waals surface area (Å²) < 4.78 is 21.3. The van der Waals surface area contributed by atoms with E-state index >= 15 is 0 Å². The molecular formula is C31H36N4O11. The van der Waals surface area contributed by atoms with E-state index in [9.17, 15) is 33.9 Å². The summed E-state index contributed by atoms with van der Waals surface area (Å²) in [5, 5.41) is 14.8. The standard InChI is InChI=1S/C31H36N4O11/c1-4-5-13-45-31-18(14-26(39)46-31)32-24(37)16-35-21-10-7-6-9-20(21)34(25(38)17-36)15-19(30(35)42)33-29(41)28(40)27-22(43-2)11-8-12-23(27)44-3/h6-12,18-19,31,36H,4-5,13-17H2,1-3H3,(H,32,37)(H,33,41)/t18-,19-,31?/m0/s1. The molecule has 15 nitrogen and oxygen atoms in total. The van der Waals surface area contributed by atoms with Gasteiger partial charge in [-0.2, -0.15) is 0 Å². The van der Waals surface area contributed by atoms with Crippen LogP contribution >= 0.6 is 0 Å². The molecule has 0 bridgehead atoms. The molecule has 1 saturated heterocycles. The fourth-order valence-electron chi connectivity index (χ4n) is 5.14. The predicted molar refractivity (Wildman–Crippen MR) is 161 cm³/mol. The Bertz CT molecular complexity index is 1470. The number of esters is 1. The first-order valence-corrected chi connectivity index (χ1v) is 14.6. The highest BCUT2D eigenvalue weighted by Crippen LogP contribution is 2.33. The first-order valence-electron chi connectivity index (χ1n) is 14.6. The molecule has 2 aliphatic heterocycles. The van der Waals surface area contributed by atoms with E-state index in [1.807, 2.05) is 6.92 Å². The van der Waals surface area contributed by atoms with Crippen LogP contribution in [0.5, 0.6) is 11.5 Å². The number of nitrogens with zero attached hydrogens (tertiary/aromatic N) is 2. The van der Waals surface area contributed by atoms with E-state index in [2.05, 4.69) is 10.6 Å². The minimum Gasteiger partial charge on any atom is -0.496 e. The highest BCUT2D eigenvalue weighted by atomic mass is 16.7. The summed E-state index contributed by atoms with van der Waals surface area (Å²) in [6, 6.07) is 8.31. The number of methoxy groups -OCH3 is 2. The third-order valence-electron chi connectivity index (χ3n) is 7.39. The highest BCUT2D eigenvalue weighted by molar-refractivity contribution is 6.44. The molecule has 3 N–H and O–H groups in total. The topological polar surface area (TPSA) is 190 Å². The monoisotopic (exact) mass is 640 g/mol. The van der Waals surface area contributed by atoms with E-state index < -0.39 is 73.5 Å². The zero-order chi connectivity index (χ0) is 33.4. The molecule has 0 aromatic heterocycles. The van der Waals surface area contributed by atoms with Crippen molar-refractivity contribution < 1.29 is 52.8 Å². The molecule has 4 rings (SSSR count). The maximum atomic E-state index is 14.0. The van der Waals surface area contributed by atoms with Gasteiger partial charge in [0.05, 0.1) is 45.2 Å². The maximum absolute atomic E-state index is 14.0. The molecule has 1 fully saturated rings. The SMILES string of the molecule is CCCCOC1OC(=O)C[C@@H]1NC(=O)CN1C(=O)[C@@H](NC(=O)C(=O)c2c(OC)cccc2OC)CN(C(=O)CO)c2ccccc21. The molecule has 3 atom stereocenters. The van der Waals surface area contributed by atoms with Crippen molar-refractivity contribution in [3.05, 3.63) is 48.0 Å². The summed E-state index contributed by atoms with van der Waals surface area (Å²) in [5.74, 6) is -5.02. The molecule has 0 aliphatic carbocycles. The number of hydrogen-bond donors (Lipinski definition) is 3. The number of ether oxygens (including phenoxy) is 4. The Kier molecular flexibility index (Phi) is 11.3. The van der Waals surface area contributed by atoms with Crippen molar-refractivity contribution in [3.63, 3.8) is 0 Å². The number of carbonyl (C=O) groups excluding carboxylic acids is 6. The molecule has 4 amide bonds. The van der Waals surface area contributed by atoms with E-state index in [0.29, 0.717) is 6.61 Å². The van der Waals surface area contributed by atoms with Crippen molar-refractivity contribution in [1.29, 1.82) is 0 Å². The molecule has 0 saturated carbocycles. The van der Waals surface area contributed by atoms with Crippen LogP contribution in [0.1, 0.15) is 36.5 Å². The van der Waals surface area contributed by atoms with Gasteiger partial charge in [-0.15, -0.1) is 0 Å². The Morgan fingerprint density at radius 1 is 0.978 bits per heavy atom. The van der Waals surface area contributed by atoms with Gasteiger partial charge in [0.1, 0.15) is 42.3 Å². The summed E-state index contributed by atoms with van der Waals surface area (Å²) in [7, 11) is 2.62. The molecule has 15 heteroatoms. The Hall–Kier alpha value is -5.02. The van der Waals surface area contributed by atoms with Gasteiger partial charge < -0.3 is 39.6 Å². The number of aliphatic hydroxyl groups is 1. The van der Waals surface area contributed by atoms with Crippen molar-refractivity contribution in [2.24, 2.45) is 0 Å². The number of ketones is 1. The lowest BCUT2D eigenvalue weighted by Gasteiger charge is -2.26. The number of anilines is 2. The number of Topliss-reactive ketones (excluding diaryl/α,β-unsaturated/α-hetero) is 1. The number of unbranched alkanes of at least 4 members (excludes halogenated alkanes) is 1. The lowest BCUT2D eigenvalue weighted by atomic mass is 10.1. The highest BCUT2D eigenvalue weighted by Gasteiger charge is 2.41. The molecule has 246 valence electrons. The van der Waals surface area contributed by atoms with Gasteiger partial charge in [0.2, 0.25) is 12.2 Å². The number of cyclic esters (lactones) is 1. The summed E-state index contributed by atoms with van der Waals surface area (Å²) in [4.78, 5) is 81.0. The molecule has 2 aromatic rings. The summed E-state index contributed by atoms with van der Waals surface area (Å²) in [6.07, 6.45) is 0.424. The first-order chi connectivity index (χ1) is 22.1. The van der Waals surface area contributed by atoms with Crippen LogP contribution in [0.15, 0.2) is 42.5 Å². The Morgan fingerprint density at radius 3 is 2.28 bits per heavy atom. The van der Waals surface area contributed by atoms with Gasteiger partial charge in [0.15, 0.2) is 0 Å². The normalized spacial score (nSPS) is 19.1. The maximum Gasteiger partial charge on any atom is 0.310 e. The number of fused-ring (bicyclic) bond motifs is 1. The lowest BCUT2D eigenvalue weighted by molar-refractivity contribution is -0.165. The third-order valence-corrected chi connectivity index (χ3v) is 7.39. The third kappa shape index (κ3) is 7.43. The van der Waals surface area contributed by atoms with Crippen LogP contribution in [-0.2, 0) is 33.4 Å². The Morgan fingerprint density at radius 2 is 1.65 bits per heavy atom. The second kappa shape index (κ2) is 15.3. The number of aliphatic hydroxyl groups excluding tert-OH is 1. The summed E-state index contributed by atoms with van der Waals surface area (Å²) in [5.41, 5.74) is 0.128. The summed E-state index contributed by atoms with van der Waals surface area (Å²) >= 11 is 0. The number of hydrogen-bond acceptors (Lipinski definition) is 11. The Labute approximate surface area is 264 Å². The zero-order valence-electron chi connectivity index (χ0n) is 25.6. The van der Waals surface area contributed by atoms with Crippen LogP contribution in [-0.4, -0.2) is 99.4 Å². The number of para-hydroxylation sites is 2. The fourth-order valence-corrected chi connectivity index (χ4v) is 5.14. The van der Waals surface area contributed by atoms with Crippen molar-refractivity contribution in [1.82, 2.24) is 10.6 Å². The second-order valence-corrected chi connectivity index (χ2v) is 10.4. The van der Waals surface area contributed by atoms with Crippen LogP contribution in [0.25, 0.3) is 0 Å². The van der Waals surface area contributed by atoms with Crippen LogP contribution in [0.4, 0.5) is 11.4 Å². The average Bonchev–Trinajstić information content (AvgIpc) is 3.36. The number of rotatable bonds is 13. The minimum absolute atomic E-state index is 0.0563. The molecule has 46 heavy (non-hydrogen) atoms. The average molecular weight is 641 g/mol. The molecule has 0 spiro atoms. The lowest BCUT2D eigenvalue weighted by Crippen LogP contribution is -2.56. The van der Waals surface area contributed by atoms with Crippen LogP contribution in [0, 0.1) is 0 Å². The van der Waals surface area contributed by atoms with E-state index in [-0.39, 0.29) is 34.9 Å². The fraction of sp³-hybridized carbons (Fsp3) is 0.419. The van der Waals surface area contributed by atoms with Crippen molar-refractivity contribution >= 4 is 46.8 Å². The van der Waals surface area contributed by atoms with Crippen molar-refractivity contribution in [2.45, 2.75) is 44.6 Å². The van der Waals surface area contributed by atoms with Crippen LogP contribution in [0.2, 0.25) is 0 Å². The van der Waals surface area contributed by atoms with Crippen LogP contribution in [0.3, 0.4) is 0 Å². The van der Waals surface area contributed by atoms with Gasteiger partial charge in [-0.05, 0) is 30.7 Å². The first kappa shape index (κ1) is 33.9. The quantitative estimate of drug-likeness (QED) is 0.118. The largest absolute Gasteiger partial charge is 0.496 e. The van der Waals surface area contributed by atoms with Gasteiger partial charge in [0, 0.05) is 0 Å². The zero-order valence-corrected chi connectivity index (χ0v) is 25.6. The number of nitrogens with one attached hydrogen (secondary N) is 2. The number of amides is 4. The minimum atomic E-state index is -1.53. The molecule has 2 heterocycles. The van der Waals surface area contributed by atoms with Gasteiger partial charge in [-0.1, -0.05) is 31.5 Å². The van der Waals surface area contributed by atoms with Gasteiger partial charge in [-0.3, -0.25) is 33.7 Å². The summed E-state index contributed by atoms with van der Waals surface area (Å²) in [6.45, 7) is 0.303. The van der Waals surface area contributed by atoms with E-state index in [4.69, 9.17) is 18.9 Å². The number of benzene rings is 2. The van der Waals surface area contributed by atoms with Crippen molar-refractivity contribution in [2.75, 3.05) is 50.3 Å². The molecule has 0 radical (unpaired) electrons. The molecule has 2 aliphatic rings. The molecular weight excluding hydrogens is 604 g/mol. The smallest absolute Gasteiger partial charge is 0.310 e.